The molecule has 1 aromatic heterocycles. The van der Waals surface area contributed by atoms with Gasteiger partial charge in [0.15, 0.2) is 5.69 Å². The first-order chi connectivity index (χ1) is 12.8. The van der Waals surface area contributed by atoms with E-state index >= 15 is 0 Å². The zero-order valence-corrected chi connectivity index (χ0v) is 16.4. The van der Waals surface area contributed by atoms with Crippen LogP contribution in [0.1, 0.15) is 49.3 Å². The SMILES string of the molecule is C=CCN(C(=O)c1csnn1)[C@@H](C(=O)NC(C)(C)CC)c1ccccc1F. The Morgan fingerprint density at radius 3 is 2.67 bits per heavy atom. The highest BCUT2D eigenvalue weighted by atomic mass is 32.1. The Labute approximate surface area is 162 Å². The number of nitrogens with one attached hydrogen (secondary N) is 1. The topological polar surface area (TPSA) is 75.2 Å². The highest BCUT2D eigenvalue weighted by Crippen LogP contribution is 2.26. The van der Waals surface area contributed by atoms with E-state index in [0.29, 0.717) is 6.42 Å². The maximum Gasteiger partial charge on any atom is 0.276 e. The summed E-state index contributed by atoms with van der Waals surface area (Å²) in [6.07, 6.45) is 2.16. The lowest BCUT2D eigenvalue weighted by Gasteiger charge is -2.33. The quantitative estimate of drug-likeness (QED) is 0.702. The molecule has 0 spiro atoms. The van der Waals surface area contributed by atoms with Gasteiger partial charge in [0.2, 0.25) is 5.91 Å². The summed E-state index contributed by atoms with van der Waals surface area (Å²) < 4.78 is 18.2. The highest BCUT2D eigenvalue weighted by Gasteiger charge is 2.35. The molecule has 0 aliphatic carbocycles. The Bertz CT molecular complexity index is 808. The molecule has 0 unspecified atom stereocenters. The third-order valence-corrected chi connectivity index (χ3v) is 4.78. The Kier molecular flexibility index (Phi) is 6.79. The molecule has 1 heterocycles. The summed E-state index contributed by atoms with van der Waals surface area (Å²) in [4.78, 5) is 27.3. The second-order valence-electron chi connectivity index (χ2n) is 6.69. The van der Waals surface area contributed by atoms with Crippen LogP contribution in [-0.2, 0) is 4.79 Å². The average Bonchev–Trinajstić information content (AvgIpc) is 3.16. The Morgan fingerprint density at radius 2 is 2.11 bits per heavy atom. The molecular weight excluding hydrogens is 367 g/mol. The van der Waals surface area contributed by atoms with Crippen molar-refractivity contribution in [3.8, 4) is 0 Å². The molecule has 0 radical (unpaired) electrons. The molecule has 0 aliphatic rings. The van der Waals surface area contributed by atoms with E-state index in [1.165, 1.54) is 34.6 Å². The molecule has 2 rings (SSSR count). The third kappa shape index (κ3) is 4.97. The molecule has 2 amide bonds. The summed E-state index contributed by atoms with van der Waals surface area (Å²) in [6, 6.07) is 4.77. The van der Waals surface area contributed by atoms with E-state index in [1.54, 1.807) is 6.07 Å². The molecule has 144 valence electrons. The molecule has 2 aromatic rings. The van der Waals surface area contributed by atoms with Crippen molar-refractivity contribution in [1.82, 2.24) is 19.8 Å². The second kappa shape index (κ2) is 8.85. The van der Waals surface area contributed by atoms with E-state index in [2.05, 4.69) is 21.5 Å². The zero-order chi connectivity index (χ0) is 20.0. The fourth-order valence-electron chi connectivity index (χ4n) is 2.49. The standard InChI is InChI=1S/C19H23FN4O2S/c1-5-11-24(18(26)15-12-27-23-22-15)16(13-9-7-8-10-14(13)20)17(25)21-19(3,4)6-2/h5,7-10,12,16H,1,6,11H2,2-4H3,(H,21,25)/t16-/m1/s1. The molecule has 27 heavy (non-hydrogen) atoms. The third-order valence-electron chi connectivity index (χ3n) is 4.27. The highest BCUT2D eigenvalue weighted by molar-refractivity contribution is 7.03. The lowest BCUT2D eigenvalue weighted by Crippen LogP contribution is -2.50. The van der Waals surface area contributed by atoms with Crippen molar-refractivity contribution in [2.24, 2.45) is 0 Å². The van der Waals surface area contributed by atoms with Crippen LogP contribution in [0.15, 0.2) is 42.3 Å². The van der Waals surface area contributed by atoms with E-state index in [0.717, 1.165) is 11.5 Å². The number of hydrogen-bond acceptors (Lipinski definition) is 5. The molecule has 8 heteroatoms. The summed E-state index contributed by atoms with van der Waals surface area (Å²) in [5, 5.41) is 8.18. The van der Waals surface area contributed by atoms with Gasteiger partial charge in [0.05, 0.1) is 0 Å². The number of nitrogens with zero attached hydrogens (tertiary/aromatic N) is 3. The molecule has 0 saturated carbocycles. The molecule has 6 nitrogen and oxygen atoms in total. The normalized spacial score (nSPS) is 12.3. The van der Waals surface area contributed by atoms with Crippen LogP contribution in [0.5, 0.6) is 0 Å². The number of aromatic nitrogens is 2. The number of amides is 2. The molecule has 1 N–H and O–H groups in total. The van der Waals surface area contributed by atoms with E-state index < -0.39 is 29.2 Å². The van der Waals surface area contributed by atoms with Crippen molar-refractivity contribution in [3.63, 3.8) is 0 Å². The monoisotopic (exact) mass is 390 g/mol. The molecule has 0 fully saturated rings. The van der Waals surface area contributed by atoms with Gasteiger partial charge in [0, 0.05) is 23.0 Å². The summed E-state index contributed by atoms with van der Waals surface area (Å²) in [7, 11) is 0. The van der Waals surface area contributed by atoms with E-state index in [4.69, 9.17) is 0 Å². The fourth-order valence-corrected chi connectivity index (χ4v) is 2.92. The van der Waals surface area contributed by atoms with Crippen molar-refractivity contribution < 1.29 is 14.0 Å². The lowest BCUT2D eigenvalue weighted by atomic mass is 9.98. The van der Waals surface area contributed by atoms with Crippen LogP contribution in [0.3, 0.4) is 0 Å². The van der Waals surface area contributed by atoms with Crippen LogP contribution in [0.4, 0.5) is 4.39 Å². The van der Waals surface area contributed by atoms with Gasteiger partial charge < -0.3 is 10.2 Å². The molecular formula is C19H23FN4O2S. The largest absolute Gasteiger partial charge is 0.349 e. The maximum absolute atomic E-state index is 14.6. The van der Waals surface area contributed by atoms with Crippen molar-refractivity contribution >= 4 is 23.3 Å². The number of rotatable bonds is 8. The van der Waals surface area contributed by atoms with Gasteiger partial charge in [0.25, 0.3) is 5.91 Å². The molecule has 0 bridgehead atoms. The minimum Gasteiger partial charge on any atom is -0.349 e. The van der Waals surface area contributed by atoms with Gasteiger partial charge in [-0.25, -0.2) is 4.39 Å². The van der Waals surface area contributed by atoms with Crippen LogP contribution in [0.2, 0.25) is 0 Å². The first-order valence-electron chi connectivity index (χ1n) is 8.56. The van der Waals surface area contributed by atoms with E-state index in [9.17, 15) is 14.0 Å². The number of benzene rings is 1. The molecule has 1 aromatic carbocycles. The molecule has 0 saturated heterocycles. The van der Waals surface area contributed by atoms with Crippen LogP contribution >= 0.6 is 11.5 Å². The smallest absolute Gasteiger partial charge is 0.276 e. The van der Waals surface area contributed by atoms with Gasteiger partial charge in [-0.15, -0.1) is 11.7 Å². The van der Waals surface area contributed by atoms with Gasteiger partial charge in [-0.05, 0) is 37.9 Å². The molecule has 0 aliphatic heterocycles. The predicted octanol–water partition coefficient (Wildman–Crippen LogP) is 3.35. The van der Waals surface area contributed by atoms with Crippen LogP contribution in [0, 0.1) is 5.82 Å². The van der Waals surface area contributed by atoms with Gasteiger partial charge in [-0.2, -0.15) is 0 Å². The first-order valence-corrected chi connectivity index (χ1v) is 9.39. The van der Waals surface area contributed by atoms with Crippen molar-refractivity contribution in [2.75, 3.05) is 6.54 Å². The van der Waals surface area contributed by atoms with Crippen LogP contribution in [-0.4, -0.2) is 38.4 Å². The molecule has 1 atom stereocenters. The van der Waals surface area contributed by atoms with Crippen LogP contribution in [0.25, 0.3) is 0 Å². The van der Waals surface area contributed by atoms with Gasteiger partial charge >= 0.3 is 0 Å². The Balaban J connectivity index is 2.51. The fraction of sp³-hybridized carbons (Fsp3) is 0.368. The minimum absolute atomic E-state index is 0.0509. The lowest BCUT2D eigenvalue weighted by molar-refractivity contribution is -0.127. The summed E-state index contributed by atoms with van der Waals surface area (Å²) >= 11 is 1.03. The van der Waals surface area contributed by atoms with Crippen molar-refractivity contribution in [3.05, 3.63) is 59.4 Å². The van der Waals surface area contributed by atoms with E-state index in [-0.39, 0.29) is 17.8 Å². The van der Waals surface area contributed by atoms with Crippen molar-refractivity contribution in [2.45, 2.75) is 38.8 Å². The Hall–Kier alpha value is -2.61. The average molecular weight is 390 g/mol. The summed E-state index contributed by atoms with van der Waals surface area (Å²) in [5.41, 5.74) is -0.294. The minimum atomic E-state index is -1.16. The predicted molar refractivity (Wildman–Crippen MR) is 103 cm³/mol. The number of hydrogen-bond donors (Lipinski definition) is 1. The van der Waals surface area contributed by atoms with Crippen LogP contribution < -0.4 is 5.32 Å². The zero-order valence-electron chi connectivity index (χ0n) is 15.6. The number of carbonyl (C=O) groups excluding carboxylic acids is 2. The number of carbonyl (C=O) groups is 2. The first kappa shape index (κ1) is 20.7. The van der Waals surface area contributed by atoms with Gasteiger partial charge in [-0.3, -0.25) is 9.59 Å². The van der Waals surface area contributed by atoms with Gasteiger partial charge in [0.1, 0.15) is 11.9 Å². The van der Waals surface area contributed by atoms with Gasteiger partial charge in [-0.1, -0.05) is 35.7 Å². The summed E-state index contributed by atoms with van der Waals surface area (Å²) in [5.74, 6) is -1.54. The number of halogens is 1. The van der Waals surface area contributed by atoms with E-state index in [1.807, 2.05) is 20.8 Å². The maximum atomic E-state index is 14.6. The Morgan fingerprint density at radius 1 is 1.41 bits per heavy atom. The van der Waals surface area contributed by atoms with Crippen molar-refractivity contribution in [1.29, 1.82) is 0 Å². The second-order valence-corrected chi connectivity index (χ2v) is 7.30. The summed E-state index contributed by atoms with van der Waals surface area (Å²) in [6.45, 7) is 9.38.